The molecule has 0 fully saturated rings. The van der Waals surface area contributed by atoms with Crippen molar-refractivity contribution in [1.82, 2.24) is 5.32 Å². The summed E-state index contributed by atoms with van der Waals surface area (Å²) in [6, 6.07) is 6.21. The zero-order chi connectivity index (χ0) is 13.1. The number of aryl methyl sites for hydroxylation is 1. The molecule has 1 amide bonds. The van der Waals surface area contributed by atoms with Crippen LogP contribution >= 0.6 is 0 Å². The monoisotopic (exact) mass is 248 g/mol. The molecular formula is C14H20N2O2. The zero-order valence-electron chi connectivity index (χ0n) is 11.2. The van der Waals surface area contributed by atoms with E-state index in [1.54, 1.807) is 12.0 Å². The van der Waals surface area contributed by atoms with Crippen molar-refractivity contribution in [3.8, 4) is 0 Å². The number of amides is 1. The summed E-state index contributed by atoms with van der Waals surface area (Å²) >= 11 is 0. The predicted molar refractivity (Wildman–Crippen MR) is 71.8 cm³/mol. The number of anilines is 1. The van der Waals surface area contributed by atoms with E-state index < -0.39 is 0 Å². The summed E-state index contributed by atoms with van der Waals surface area (Å²) in [4.78, 5) is 13.4. The first kappa shape index (κ1) is 13.1. The number of nitrogens with one attached hydrogen (secondary N) is 1. The molecule has 1 N–H and O–H groups in total. The van der Waals surface area contributed by atoms with Crippen LogP contribution in [0, 0.1) is 0 Å². The highest BCUT2D eigenvalue weighted by atomic mass is 16.5. The Hall–Kier alpha value is -1.39. The van der Waals surface area contributed by atoms with E-state index in [0.29, 0.717) is 6.42 Å². The number of benzene rings is 1. The molecule has 0 aromatic heterocycles. The molecule has 0 spiro atoms. The van der Waals surface area contributed by atoms with Crippen molar-refractivity contribution in [2.45, 2.75) is 18.9 Å². The Balaban J connectivity index is 2.30. The number of hydrogen-bond donors (Lipinski definition) is 1. The van der Waals surface area contributed by atoms with Gasteiger partial charge in [0.1, 0.15) is 0 Å². The maximum atomic E-state index is 11.6. The smallest absolute Gasteiger partial charge is 0.227 e. The highest BCUT2D eigenvalue weighted by Gasteiger charge is 2.22. The third kappa shape index (κ3) is 2.40. The van der Waals surface area contributed by atoms with E-state index in [1.165, 1.54) is 5.56 Å². The molecule has 0 saturated carbocycles. The Morgan fingerprint density at radius 1 is 1.44 bits per heavy atom. The number of methoxy groups -OCH3 is 1. The Morgan fingerprint density at radius 2 is 2.22 bits per heavy atom. The SMILES string of the molecule is CNCC(OC)c1ccc2c(c1)CCC(=O)N2C. The average Bonchev–Trinajstić information content (AvgIpc) is 2.40. The fraction of sp³-hybridized carbons (Fsp3) is 0.500. The highest BCUT2D eigenvalue weighted by molar-refractivity contribution is 5.95. The van der Waals surface area contributed by atoms with Crippen molar-refractivity contribution in [3.63, 3.8) is 0 Å². The van der Waals surface area contributed by atoms with Gasteiger partial charge in [-0.15, -0.1) is 0 Å². The van der Waals surface area contributed by atoms with Crippen LogP contribution in [0.4, 0.5) is 5.69 Å². The summed E-state index contributed by atoms with van der Waals surface area (Å²) in [7, 11) is 5.47. The van der Waals surface area contributed by atoms with E-state index in [-0.39, 0.29) is 12.0 Å². The topological polar surface area (TPSA) is 41.6 Å². The van der Waals surface area contributed by atoms with Gasteiger partial charge in [0.25, 0.3) is 0 Å². The van der Waals surface area contributed by atoms with Crippen LogP contribution in [0.3, 0.4) is 0 Å². The van der Waals surface area contributed by atoms with Gasteiger partial charge >= 0.3 is 0 Å². The van der Waals surface area contributed by atoms with Crippen LogP contribution < -0.4 is 10.2 Å². The molecule has 0 saturated heterocycles. The van der Waals surface area contributed by atoms with Crippen molar-refractivity contribution in [1.29, 1.82) is 0 Å². The first-order valence-corrected chi connectivity index (χ1v) is 6.24. The van der Waals surface area contributed by atoms with Crippen molar-refractivity contribution < 1.29 is 9.53 Å². The van der Waals surface area contributed by atoms with Gasteiger partial charge in [-0.3, -0.25) is 4.79 Å². The van der Waals surface area contributed by atoms with Crippen LogP contribution in [0.2, 0.25) is 0 Å². The molecule has 1 atom stereocenters. The molecule has 18 heavy (non-hydrogen) atoms. The standard InChI is InChI=1S/C14H20N2O2/c1-15-9-13(18-3)11-4-6-12-10(8-11)5-7-14(17)16(12)2/h4,6,8,13,15H,5,7,9H2,1-3H3. The summed E-state index contributed by atoms with van der Waals surface area (Å²) < 4.78 is 5.47. The van der Waals surface area contributed by atoms with Gasteiger partial charge in [-0.1, -0.05) is 12.1 Å². The van der Waals surface area contributed by atoms with Gasteiger partial charge in [0.2, 0.25) is 5.91 Å². The maximum Gasteiger partial charge on any atom is 0.227 e. The molecule has 0 aliphatic carbocycles. The number of ether oxygens (including phenoxy) is 1. The molecule has 4 nitrogen and oxygen atoms in total. The number of rotatable bonds is 4. The lowest BCUT2D eigenvalue weighted by Gasteiger charge is -2.27. The number of nitrogens with zero attached hydrogens (tertiary/aromatic N) is 1. The molecule has 1 aromatic carbocycles. The largest absolute Gasteiger partial charge is 0.375 e. The van der Waals surface area contributed by atoms with Crippen LogP contribution in [0.25, 0.3) is 0 Å². The Kier molecular flexibility index (Phi) is 3.99. The maximum absolute atomic E-state index is 11.6. The number of carbonyl (C=O) groups is 1. The quantitative estimate of drug-likeness (QED) is 0.878. The summed E-state index contributed by atoms with van der Waals surface area (Å²) in [5.41, 5.74) is 3.41. The molecule has 1 unspecified atom stereocenters. The summed E-state index contributed by atoms with van der Waals surface area (Å²) in [6.45, 7) is 0.782. The third-order valence-electron chi connectivity index (χ3n) is 3.49. The van der Waals surface area contributed by atoms with Gasteiger partial charge in [-0.25, -0.2) is 0 Å². The minimum atomic E-state index is 0.0586. The van der Waals surface area contributed by atoms with E-state index in [4.69, 9.17) is 4.74 Å². The fourth-order valence-corrected chi connectivity index (χ4v) is 2.40. The van der Waals surface area contributed by atoms with Crippen molar-refractivity contribution in [2.24, 2.45) is 0 Å². The molecule has 1 aromatic rings. The van der Waals surface area contributed by atoms with E-state index in [0.717, 1.165) is 24.2 Å². The number of carbonyl (C=O) groups excluding carboxylic acids is 1. The Bertz CT molecular complexity index is 445. The van der Waals surface area contributed by atoms with Gasteiger partial charge in [-0.2, -0.15) is 0 Å². The lowest BCUT2D eigenvalue weighted by atomic mass is 9.97. The molecule has 1 aliphatic rings. The normalized spacial score (nSPS) is 16.6. The van der Waals surface area contributed by atoms with E-state index in [9.17, 15) is 4.79 Å². The van der Waals surface area contributed by atoms with Crippen molar-refractivity contribution >= 4 is 11.6 Å². The van der Waals surface area contributed by atoms with Crippen LogP contribution in [0.15, 0.2) is 18.2 Å². The van der Waals surface area contributed by atoms with Gasteiger partial charge in [0, 0.05) is 32.8 Å². The van der Waals surface area contributed by atoms with E-state index >= 15 is 0 Å². The second kappa shape index (κ2) is 5.50. The minimum absolute atomic E-state index is 0.0586. The number of fused-ring (bicyclic) bond motifs is 1. The van der Waals surface area contributed by atoms with Crippen molar-refractivity contribution in [2.75, 3.05) is 32.6 Å². The van der Waals surface area contributed by atoms with E-state index in [1.807, 2.05) is 26.2 Å². The third-order valence-corrected chi connectivity index (χ3v) is 3.49. The molecule has 0 bridgehead atoms. The van der Waals surface area contributed by atoms with Crippen molar-refractivity contribution in [3.05, 3.63) is 29.3 Å². The minimum Gasteiger partial charge on any atom is -0.375 e. The Labute approximate surface area is 108 Å². The van der Waals surface area contributed by atoms with Gasteiger partial charge in [0.15, 0.2) is 0 Å². The molecule has 2 rings (SSSR count). The summed E-state index contributed by atoms with van der Waals surface area (Å²) in [5.74, 6) is 0.189. The first-order valence-electron chi connectivity index (χ1n) is 6.24. The number of hydrogen-bond acceptors (Lipinski definition) is 3. The van der Waals surface area contributed by atoms with Gasteiger partial charge in [0.05, 0.1) is 6.10 Å². The average molecular weight is 248 g/mol. The molecule has 1 heterocycles. The lowest BCUT2D eigenvalue weighted by Crippen LogP contribution is -2.31. The van der Waals surface area contributed by atoms with Crippen LogP contribution in [-0.4, -0.2) is 33.7 Å². The van der Waals surface area contributed by atoms with Gasteiger partial charge < -0.3 is 15.0 Å². The summed E-state index contributed by atoms with van der Waals surface area (Å²) in [6.07, 6.45) is 1.47. The molecule has 1 aliphatic heterocycles. The predicted octanol–water partition coefficient (Wildman–Crippen LogP) is 1.50. The van der Waals surface area contributed by atoms with Crippen LogP contribution in [0.1, 0.15) is 23.7 Å². The highest BCUT2D eigenvalue weighted by Crippen LogP contribution is 2.29. The second-order valence-corrected chi connectivity index (χ2v) is 4.62. The fourth-order valence-electron chi connectivity index (χ4n) is 2.40. The van der Waals surface area contributed by atoms with Gasteiger partial charge in [-0.05, 0) is 30.7 Å². The number of likely N-dealkylation sites (N-methyl/N-ethyl adjacent to an activating group) is 1. The zero-order valence-corrected chi connectivity index (χ0v) is 11.2. The first-order chi connectivity index (χ1) is 8.67. The molecule has 98 valence electrons. The lowest BCUT2D eigenvalue weighted by molar-refractivity contribution is -0.118. The van der Waals surface area contributed by atoms with E-state index in [2.05, 4.69) is 11.4 Å². The van der Waals surface area contributed by atoms with Crippen LogP contribution in [-0.2, 0) is 16.0 Å². The summed E-state index contributed by atoms with van der Waals surface area (Å²) in [5, 5.41) is 3.12. The second-order valence-electron chi connectivity index (χ2n) is 4.62. The molecule has 4 heteroatoms. The molecular weight excluding hydrogens is 228 g/mol. The Morgan fingerprint density at radius 3 is 2.89 bits per heavy atom. The van der Waals surface area contributed by atoms with Crippen LogP contribution in [0.5, 0.6) is 0 Å². The molecule has 0 radical (unpaired) electrons.